The van der Waals surface area contributed by atoms with Crippen molar-refractivity contribution >= 4 is 21.5 Å². The molecule has 2 unspecified atom stereocenters. The summed E-state index contributed by atoms with van der Waals surface area (Å²) in [5.41, 5.74) is 1.97. The summed E-state index contributed by atoms with van der Waals surface area (Å²) in [5, 5.41) is 44.1. The van der Waals surface area contributed by atoms with Gasteiger partial charge in [-0.2, -0.15) is 0 Å². The molecule has 4 rings (SSSR count). The lowest BCUT2D eigenvalue weighted by Gasteiger charge is -2.28. The third-order valence-corrected chi connectivity index (χ3v) is 4.93. The van der Waals surface area contributed by atoms with Gasteiger partial charge in [-0.05, 0) is 40.1 Å². The Morgan fingerprint density at radius 1 is 0.957 bits per heavy atom. The zero-order chi connectivity index (χ0) is 16.1. The molecule has 0 fully saturated rings. The lowest BCUT2D eigenvalue weighted by atomic mass is 9.82. The van der Waals surface area contributed by atoms with Crippen LogP contribution in [0.1, 0.15) is 29.2 Å². The van der Waals surface area contributed by atoms with E-state index >= 15 is 0 Å². The molecule has 0 aromatic heterocycles. The van der Waals surface area contributed by atoms with Gasteiger partial charge in [0, 0.05) is 10.9 Å². The molecular formula is C19H18O4. The van der Waals surface area contributed by atoms with Crippen molar-refractivity contribution in [2.24, 2.45) is 0 Å². The van der Waals surface area contributed by atoms with Crippen LogP contribution in [0.15, 0.2) is 36.4 Å². The molecule has 0 radical (unpaired) electrons. The fourth-order valence-corrected chi connectivity index (χ4v) is 3.77. The molecule has 0 spiro atoms. The van der Waals surface area contributed by atoms with Gasteiger partial charge < -0.3 is 20.4 Å². The van der Waals surface area contributed by atoms with Crippen LogP contribution in [0.5, 0.6) is 5.75 Å². The summed E-state index contributed by atoms with van der Waals surface area (Å²) in [6.45, 7) is -0.287. The molecule has 2 atom stereocenters. The summed E-state index contributed by atoms with van der Waals surface area (Å²) in [7, 11) is 0. The molecule has 0 aliphatic heterocycles. The van der Waals surface area contributed by atoms with Gasteiger partial charge in [-0.25, -0.2) is 0 Å². The van der Waals surface area contributed by atoms with E-state index in [9.17, 15) is 20.4 Å². The van der Waals surface area contributed by atoms with E-state index in [-0.39, 0.29) is 12.4 Å². The molecule has 4 N–H and O–H groups in total. The van der Waals surface area contributed by atoms with Crippen molar-refractivity contribution < 1.29 is 20.4 Å². The number of phenols is 1. The Hall–Kier alpha value is -2.14. The molecular weight excluding hydrogens is 292 g/mol. The Morgan fingerprint density at radius 2 is 1.70 bits per heavy atom. The molecule has 0 amide bonds. The molecule has 0 bridgehead atoms. The molecule has 118 valence electrons. The van der Waals surface area contributed by atoms with Crippen LogP contribution >= 0.6 is 0 Å². The molecule has 4 nitrogen and oxygen atoms in total. The van der Waals surface area contributed by atoms with Crippen molar-refractivity contribution in [1.82, 2.24) is 0 Å². The normalized spacial score (nSPS) is 20.8. The number of hydrogen-bond acceptors (Lipinski definition) is 4. The van der Waals surface area contributed by atoms with Crippen molar-refractivity contribution in [3.63, 3.8) is 0 Å². The highest BCUT2D eigenvalue weighted by molar-refractivity contribution is 6.13. The lowest BCUT2D eigenvalue weighted by molar-refractivity contribution is 0.00741. The summed E-state index contributed by atoms with van der Waals surface area (Å²) >= 11 is 0. The van der Waals surface area contributed by atoms with Gasteiger partial charge in [-0.15, -0.1) is 0 Å². The Morgan fingerprint density at radius 3 is 2.43 bits per heavy atom. The van der Waals surface area contributed by atoms with E-state index in [4.69, 9.17) is 0 Å². The van der Waals surface area contributed by atoms with E-state index in [1.807, 2.05) is 36.4 Å². The van der Waals surface area contributed by atoms with Gasteiger partial charge in [0.1, 0.15) is 11.9 Å². The molecule has 1 aliphatic carbocycles. The number of aryl methyl sites for hydroxylation is 1. The average molecular weight is 310 g/mol. The number of aromatic hydroxyl groups is 1. The highest BCUT2D eigenvalue weighted by Crippen LogP contribution is 2.44. The number of fused-ring (bicyclic) bond motifs is 5. The second kappa shape index (κ2) is 5.20. The van der Waals surface area contributed by atoms with Crippen molar-refractivity contribution in [2.45, 2.75) is 31.7 Å². The van der Waals surface area contributed by atoms with E-state index in [1.54, 1.807) is 0 Å². The minimum atomic E-state index is -1.03. The summed E-state index contributed by atoms with van der Waals surface area (Å²) < 4.78 is 0. The molecule has 3 aromatic carbocycles. The molecule has 0 saturated carbocycles. The first-order chi connectivity index (χ1) is 11.1. The van der Waals surface area contributed by atoms with Crippen LogP contribution in [0.2, 0.25) is 0 Å². The zero-order valence-corrected chi connectivity index (χ0v) is 12.5. The quantitative estimate of drug-likeness (QED) is 0.521. The first-order valence-corrected chi connectivity index (χ1v) is 7.78. The number of aliphatic hydroxyl groups is 3. The largest absolute Gasteiger partial charge is 0.507 e. The zero-order valence-electron chi connectivity index (χ0n) is 12.5. The number of aliphatic hydroxyl groups excluding tert-OH is 3. The van der Waals surface area contributed by atoms with Gasteiger partial charge in [0.2, 0.25) is 0 Å². The van der Waals surface area contributed by atoms with Crippen LogP contribution in [0.3, 0.4) is 0 Å². The molecule has 0 saturated heterocycles. The molecule has 3 aromatic rings. The van der Waals surface area contributed by atoms with Crippen molar-refractivity contribution in [3.05, 3.63) is 53.1 Å². The molecule has 1 aliphatic rings. The number of hydrogen-bond donors (Lipinski definition) is 4. The van der Waals surface area contributed by atoms with Gasteiger partial charge in [-0.3, -0.25) is 0 Å². The van der Waals surface area contributed by atoms with Crippen LogP contribution in [-0.4, -0.2) is 26.5 Å². The third-order valence-electron chi connectivity index (χ3n) is 4.93. The smallest absolute Gasteiger partial charge is 0.129 e. The minimum Gasteiger partial charge on any atom is -0.507 e. The van der Waals surface area contributed by atoms with E-state index in [0.29, 0.717) is 29.4 Å². The highest BCUT2D eigenvalue weighted by Gasteiger charge is 2.30. The van der Waals surface area contributed by atoms with Crippen LogP contribution in [0.4, 0.5) is 0 Å². The summed E-state index contributed by atoms with van der Waals surface area (Å²) in [6, 6.07) is 11.5. The Bertz CT molecular complexity index is 916. The van der Waals surface area contributed by atoms with Gasteiger partial charge in [0.15, 0.2) is 0 Å². The number of benzene rings is 3. The van der Waals surface area contributed by atoms with E-state index in [0.717, 1.165) is 21.7 Å². The SMILES string of the molecule is OCc1c(O)c2c3c(ccc2c2ccccc12)CCC(O)C3O. The highest BCUT2D eigenvalue weighted by atomic mass is 16.3. The molecule has 23 heavy (non-hydrogen) atoms. The average Bonchev–Trinajstić information content (AvgIpc) is 2.58. The predicted octanol–water partition coefficient (Wildman–Crippen LogP) is 2.53. The van der Waals surface area contributed by atoms with E-state index in [2.05, 4.69) is 0 Å². The van der Waals surface area contributed by atoms with Crippen LogP contribution in [0.25, 0.3) is 21.5 Å². The van der Waals surface area contributed by atoms with Crippen molar-refractivity contribution in [3.8, 4) is 5.75 Å². The first kappa shape index (κ1) is 14.5. The predicted molar refractivity (Wildman–Crippen MR) is 88.3 cm³/mol. The second-order valence-electron chi connectivity index (χ2n) is 6.14. The molecule has 0 heterocycles. The van der Waals surface area contributed by atoms with E-state index in [1.165, 1.54) is 0 Å². The fraction of sp³-hybridized carbons (Fsp3) is 0.263. The minimum absolute atomic E-state index is 0.00815. The van der Waals surface area contributed by atoms with Gasteiger partial charge >= 0.3 is 0 Å². The maximum absolute atomic E-state index is 10.8. The van der Waals surface area contributed by atoms with E-state index < -0.39 is 12.2 Å². The fourth-order valence-electron chi connectivity index (χ4n) is 3.77. The van der Waals surface area contributed by atoms with Crippen LogP contribution < -0.4 is 0 Å². The first-order valence-electron chi connectivity index (χ1n) is 7.78. The third kappa shape index (κ3) is 1.96. The summed E-state index contributed by atoms with van der Waals surface area (Å²) in [4.78, 5) is 0. The Kier molecular flexibility index (Phi) is 3.27. The maximum Gasteiger partial charge on any atom is 0.129 e. The van der Waals surface area contributed by atoms with Crippen LogP contribution in [0, 0.1) is 0 Å². The molecule has 4 heteroatoms. The van der Waals surface area contributed by atoms with Crippen LogP contribution in [-0.2, 0) is 13.0 Å². The summed E-state index contributed by atoms with van der Waals surface area (Å²) in [5.74, 6) is -0.00815. The van der Waals surface area contributed by atoms with Gasteiger partial charge in [0.25, 0.3) is 0 Å². The van der Waals surface area contributed by atoms with Crippen molar-refractivity contribution in [2.75, 3.05) is 0 Å². The lowest BCUT2D eigenvalue weighted by Crippen LogP contribution is -2.25. The monoisotopic (exact) mass is 310 g/mol. The number of rotatable bonds is 1. The Balaban J connectivity index is 2.22. The maximum atomic E-state index is 10.8. The van der Waals surface area contributed by atoms with Crippen molar-refractivity contribution in [1.29, 1.82) is 0 Å². The summed E-state index contributed by atoms with van der Waals surface area (Å²) in [6.07, 6.45) is -0.705. The second-order valence-corrected chi connectivity index (χ2v) is 6.14. The topological polar surface area (TPSA) is 80.9 Å². The standard InChI is InChI=1S/C19H18O4/c20-9-14-12-4-2-1-3-11(12)13-7-5-10-6-8-15(21)19(23)16(10)17(13)18(14)22/h1-5,7,15,19-23H,6,8-9H2. The van der Waals surface area contributed by atoms with Gasteiger partial charge in [0.05, 0.1) is 12.7 Å². The van der Waals surface area contributed by atoms with Gasteiger partial charge in [-0.1, -0.05) is 36.4 Å². The Labute approximate surface area is 133 Å².